The van der Waals surface area contributed by atoms with Crippen molar-refractivity contribution in [1.29, 1.82) is 0 Å². The van der Waals surface area contributed by atoms with Crippen molar-refractivity contribution in [1.82, 2.24) is 10.6 Å². The van der Waals surface area contributed by atoms with Crippen LogP contribution in [0.2, 0.25) is 0 Å². The second-order valence-corrected chi connectivity index (χ2v) is 7.41. The minimum atomic E-state index is -0.813. The summed E-state index contributed by atoms with van der Waals surface area (Å²) in [6.07, 6.45) is 5.85. The molecule has 0 aromatic rings. The summed E-state index contributed by atoms with van der Waals surface area (Å²) < 4.78 is 21.1. The summed E-state index contributed by atoms with van der Waals surface area (Å²) in [6, 6.07) is -0.813. The van der Waals surface area contributed by atoms with E-state index in [2.05, 4.69) is 24.1 Å². The van der Waals surface area contributed by atoms with E-state index in [0.717, 1.165) is 19.3 Å². The number of carbonyl (C=O) groups is 3. The number of carbonyl (C=O) groups excluding carboxylic acids is 3. The van der Waals surface area contributed by atoms with Crippen LogP contribution < -0.4 is 16.4 Å². The van der Waals surface area contributed by atoms with Crippen LogP contribution >= 0.6 is 0 Å². The van der Waals surface area contributed by atoms with Crippen LogP contribution in [0.5, 0.6) is 0 Å². The Hall–Kier alpha value is -2.01. The van der Waals surface area contributed by atoms with Gasteiger partial charge in [-0.1, -0.05) is 26.0 Å². The minimum Gasteiger partial charge on any atom is -0.460 e. The molecule has 0 aromatic carbocycles. The fourth-order valence-electron chi connectivity index (χ4n) is 2.51. The molecule has 0 aliphatic rings. The van der Waals surface area contributed by atoms with Crippen LogP contribution in [0.1, 0.15) is 51.9 Å². The molecule has 33 heavy (non-hydrogen) atoms. The lowest BCUT2D eigenvalue weighted by Crippen LogP contribution is -2.34. The van der Waals surface area contributed by atoms with Gasteiger partial charge in [0.15, 0.2) is 0 Å². The van der Waals surface area contributed by atoms with Gasteiger partial charge in [0.2, 0.25) is 11.8 Å². The maximum absolute atomic E-state index is 11.7. The molecule has 4 N–H and O–H groups in total. The van der Waals surface area contributed by atoms with Crippen LogP contribution in [0, 0.1) is 0 Å². The van der Waals surface area contributed by atoms with E-state index in [1.165, 1.54) is 6.08 Å². The zero-order valence-electron chi connectivity index (χ0n) is 20.1. The Kier molecular flexibility index (Phi) is 21.7. The zero-order valence-corrected chi connectivity index (χ0v) is 20.1. The number of nitrogens with two attached hydrogens (primary N) is 1. The SMILES string of the molecule is C=CCOC(=O)C(N)CCC(=O)NCCCOCCOCCOCCCNC(=O)CCCC. The highest BCUT2D eigenvalue weighted by molar-refractivity contribution is 5.79. The normalized spacial score (nSPS) is 11.6. The second-order valence-electron chi connectivity index (χ2n) is 7.41. The van der Waals surface area contributed by atoms with Crippen molar-refractivity contribution in [2.45, 2.75) is 57.9 Å². The fourth-order valence-corrected chi connectivity index (χ4v) is 2.51. The average molecular weight is 474 g/mol. The molecule has 0 rings (SSSR count). The molecular formula is C23H43N3O7. The number of ether oxygens (including phenoxy) is 4. The molecule has 1 unspecified atom stereocenters. The van der Waals surface area contributed by atoms with E-state index in [1.807, 2.05) is 0 Å². The van der Waals surface area contributed by atoms with E-state index in [4.69, 9.17) is 24.7 Å². The van der Waals surface area contributed by atoms with E-state index < -0.39 is 12.0 Å². The van der Waals surface area contributed by atoms with Crippen LogP contribution in [0.3, 0.4) is 0 Å². The Balaban J connectivity index is 3.33. The van der Waals surface area contributed by atoms with E-state index in [0.29, 0.717) is 65.6 Å². The van der Waals surface area contributed by atoms with Crippen molar-refractivity contribution in [3.05, 3.63) is 12.7 Å². The summed E-state index contributed by atoms with van der Waals surface area (Å²) in [5.74, 6) is -0.594. The molecule has 10 nitrogen and oxygen atoms in total. The third-order valence-corrected chi connectivity index (χ3v) is 4.41. The van der Waals surface area contributed by atoms with Gasteiger partial charge in [0.05, 0.1) is 26.4 Å². The molecule has 10 heteroatoms. The van der Waals surface area contributed by atoms with Gasteiger partial charge < -0.3 is 35.3 Å². The Morgan fingerprint density at radius 1 is 0.848 bits per heavy atom. The number of hydrogen-bond acceptors (Lipinski definition) is 8. The second kappa shape index (κ2) is 23.2. The molecule has 2 amide bonds. The van der Waals surface area contributed by atoms with Crippen molar-refractivity contribution in [2.75, 3.05) is 59.3 Å². The average Bonchev–Trinajstić information content (AvgIpc) is 2.81. The molecule has 0 saturated heterocycles. The Bertz CT molecular complexity index is 532. The minimum absolute atomic E-state index is 0.103. The molecule has 0 spiro atoms. The maximum Gasteiger partial charge on any atom is 0.323 e. The topological polar surface area (TPSA) is 138 Å². The molecule has 0 bridgehead atoms. The smallest absolute Gasteiger partial charge is 0.323 e. The number of esters is 1. The lowest BCUT2D eigenvalue weighted by Gasteiger charge is -2.10. The van der Waals surface area contributed by atoms with Gasteiger partial charge in [-0.15, -0.1) is 0 Å². The monoisotopic (exact) mass is 473 g/mol. The van der Waals surface area contributed by atoms with Crippen molar-refractivity contribution in [3.63, 3.8) is 0 Å². The van der Waals surface area contributed by atoms with E-state index >= 15 is 0 Å². The fraction of sp³-hybridized carbons (Fsp3) is 0.783. The number of nitrogens with one attached hydrogen (secondary N) is 2. The third kappa shape index (κ3) is 21.6. The zero-order chi connectivity index (χ0) is 24.6. The number of unbranched alkanes of at least 4 members (excludes halogenated alkanes) is 1. The summed E-state index contributed by atoms with van der Waals surface area (Å²) >= 11 is 0. The highest BCUT2D eigenvalue weighted by Crippen LogP contribution is 1.98. The first-order valence-corrected chi connectivity index (χ1v) is 11.8. The molecule has 0 saturated carbocycles. The van der Waals surface area contributed by atoms with Gasteiger partial charge in [0.1, 0.15) is 12.6 Å². The summed E-state index contributed by atoms with van der Waals surface area (Å²) in [5, 5.41) is 5.63. The maximum atomic E-state index is 11.7. The van der Waals surface area contributed by atoms with Crippen LogP contribution in [0.15, 0.2) is 12.7 Å². The predicted octanol–water partition coefficient (Wildman–Crippen LogP) is 1.08. The highest BCUT2D eigenvalue weighted by atomic mass is 16.5. The molecule has 0 aliphatic carbocycles. The van der Waals surface area contributed by atoms with Crippen molar-refractivity contribution in [3.8, 4) is 0 Å². The van der Waals surface area contributed by atoms with Crippen LogP contribution in [0.25, 0.3) is 0 Å². The summed E-state index contributed by atoms with van der Waals surface area (Å²) in [4.78, 5) is 34.7. The predicted molar refractivity (Wildman–Crippen MR) is 126 cm³/mol. The Labute approximate surface area is 197 Å². The standard InChI is InChI=1S/C23H43N3O7/c1-3-5-8-21(27)25-11-6-14-30-16-18-32-19-17-31-15-7-12-26-22(28)10-9-20(24)23(29)33-13-4-2/h4,20H,2-3,5-19,24H2,1H3,(H,25,27)(H,26,28). The van der Waals surface area contributed by atoms with Gasteiger partial charge in [0.25, 0.3) is 0 Å². The number of amides is 2. The van der Waals surface area contributed by atoms with Gasteiger partial charge in [-0.3, -0.25) is 14.4 Å². The van der Waals surface area contributed by atoms with E-state index in [9.17, 15) is 14.4 Å². The lowest BCUT2D eigenvalue weighted by atomic mass is 10.1. The highest BCUT2D eigenvalue weighted by Gasteiger charge is 2.15. The third-order valence-electron chi connectivity index (χ3n) is 4.41. The molecule has 1 atom stereocenters. The van der Waals surface area contributed by atoms with Crippen LogP contribution in [-0.4, -0.2) is 83.2 Å². The number of rotatable bonds is 23. The van der Waals surface area contributed by atoms with Gasteiger partial charge in [-0.25, -0.2) is 0 Å². The Morgan fingerprint density at radius 2 is 1.36 bits per heavy atom. The van der Waals surface area contributed by atoms with Crippen molar-refractivity contribution in [2.24, 2.45) is 5.73 Å². The Morgan fingerprint density at radius 3 is 1.88 bits per heavy atom. The van der Waals surface area contributed by atoms with Gasteiger partial charge in [-0.2, -0.15) is 0 Å². The largest absolute Gasteiger partial charge is 0.460 e. The van der Waals surface area contributed by atoms with Gasteiger partial charge >= 0.3 is 5.97 Å². The first kappa shape index (κ1) is 31.0. The van der Waals surface area contributed by atoms with Crippen molar-refractivity contribution < 1.29 is 33.3 Å². The van der Waals surface area contributed by atoms with Crippen LogP contribution in [-0.2, 0) is 33.3 Å². The summed E-state index contributed by atoms with van der Waals surface area (Å²) in [7, 11) is 0. The van der Waals surface area contributed by atoms with Gasteiger partial charge in [-0.05, 0) is 25.7 Å². The quantitative estimate of drug-likeness (QED) is 0.114. The molecular weight excluding hydrogens is 430 g/mol. The van der Waals surface area contributed by atoms with Crippen LogP contribution in [0.4, 0.5) is 0 Å². The molecule has 0 radical (unpaired) electrons. The van der Waals surface area contributed by atoms with Gasteiger partial charge in [0, 0.05) is 39.1 Å². The first-order valence-electron chi connectivity index (χ1n) is 11.8. The molecule has 0 aromatic heterocycles. The lowest BCUT2D eigenvalue weighted by molar-refractivity contribution is -0.144. The summed E-state index contributed by atoms with van der Waals surface area (Å²) in [6.45, 7) is 9.79. The molecule has 192 valence electrons. The first-order chi connectivity index (χ1) is 16.0. The molecule has 0 aliphatic heterocycles. The van der Waals surface area contributed by atoms with E-state index in [-0.39, 0.29) is 31.3 Å². The molecule has 0 fully saturated rings. The molecule has 0 heterocycles. The van der Waals surface area contributed by atoms with Crippen molar-refractivity contribution >= 4 is 17.8 Å². The van der Waals surface area contributed by atoms with E-state index in [1.54, 1.807) is 0 Å². The number of hydrogen-bond donors (Lipinski definition) is 3. The summed E-state index contributed by atoms with van der Waals surface area (Å²) in [5.41, 5.74) is 5.67.